The number of aromatic nitrogens is 3. The maximum Gasteiger partial charge on any atom is 0.279 e. The van der Waals surface area contributed by atoms with Gasteiger partial charge >= 0.3 is 0 Å². The molecule has 0 saturated carbocycles. The Bertz CT molecular complexity index is 583. The summed E-state index contributed by atoms with van der Waals surface area (Å²) >= 11 is 0. The van der Waals surface area contributed by atoms with E-state index in [-0.39, 0.29) is 6.54 Å². The zero-order valence-corrected chi connectivity index (χ0v) is 12.6. The summed E-state index contributed by atoms with van der Waals surface area (Å²) in [5.41, 5.74) is 0. The number of fused-ring (bicyclic) bond motifs is 1. The number of hydrogen-bond donors (Lipinski definition) is 1. The molecule has 0 bridgehead atoms. The number of hydrogen-bond acceptors (Lipinski definition) is 4. The third kappa shape index (κ3) is 2.72. The van der Waals surface area contributed by atoms with E-state index in [2.05, 4.69) is 21.8 Å². The van der Waals surface area contributed by atoms with Gasteiger partial charge in [-0.3, -0.25) is 0 Å². The first-order valence-corrected chi connectivity index (χ1v) is 8.66. The normalized spacial score (nSPS) is 23.9. The minimum absolute atomic E-state index is 0.222. The molecule has 1 aromatic rings. The predicted molar refractivity (Wildman–Crippen MR) is 74.1 cm³/mol. The van der Waals surface area contributed by atoms with Gasteiger partial charge in [-0.05, 0) is 25.2 Å². The number of rotatable bonds is 4. The van der Waals surface area contributed by atoms with Gasteiger partial charge in [-0.25, -0.2) is 0 Å². The van der Waals surface area contributed by atoms with Crippen molar-refractivity contribution in [2.75, 3.05) is 13.1 Å². The summed E-state index contributed by atoms with van der Waals surface area (Å²) in [6.45, 7) is 4.40. The molecule has 3 rings (SSSR count). The van der Waals surface area contributed by atoms with Crippen molar-refractivity contribution in [2.45, 2.75) is 45.7 Å². The van der Waals surface area contributed by atoms with Crippen LogP contribution in [-0.2, 0) is 29.7 Å². The third-order valence-corrected chi connectivity index (χ3v) is 5.60. The molecule has 8 heteroatoms. The maximum atomic E-state index is 12.2. The fraction of sp³-hybridized carbons (Fsp3) is 0.833. The van der Waals surface area contributed by atoms with E-state index < -0.39 is 10.2 Å². The lowest BCUT2D eigenvalue weighted by atomic mass is 10.2. The van der Waals surface area contributed by atoms with Gasteiger partial charge in [0.2, 0.25) is 0 Å². The lowest BCUT2D eigenvalue weighted by molar-refractivity contribution is 0.449. The molecule has 7 nitrogen and oxygen atoms in total. The first-order chi connectivity index (χ1) is 9.56. The van der Waals surface area contributed by atoms with E-state index in [1.165, 1.54) is 4.31 Å². The highest BCUT2D eigenvalue weighted by Crippen LogP contribution is 2.18. The average molecular weight is 299 g/mol. The van der Waals surface area contributed by atoms with Crippen LogP contribution < -0.4 is 4.72 Å². The maximum absolute atomic E-state index is 12.2. The number of aryl methyl sites for hydroxylation is 1. The average Bonchev–Trinajstić information content (AvgIpc) is 3.03. The van der Waals surface area contributed by atoms with Crippen molar-refractivity contribution in [1.29, 1.82) is 0 Å². The van der Waals surface area contributed by atoms with Crippen LogP contribution in [0.15, 0.2) is 0 Å². The molecule has 0 aliphatic carbocycles. The van der Waals surface area contributed by atoms with Gasteiger partial charge < -0.3 is 4.57 Å². The van der Waals surface area contributed by atoms with Gasteiger partial charge in [0.1, 0.15) is 11.6 Å². The molecule has 1 saturated heterocycles. The van der Waals surface area contributed by atoms with Gasteiger partial charge in [-0.2, -0.15) is 17.4 Å². The van der Waals surface area contributed by atoms with Crippen molar-refractivity contribution in [3.63, 3.8) is 0 Å². The minimum Gasteiger partial charge on any atom is -0.314 e. The lowest BCUT2D eigenvalue weighted by Crippen LogP contribution is -2.39. The van der Waals surface area contributed by atoms with Crippen LogP contribution in [0.1, 0.15) is 37.8 Å². The van der Waals surface area contributed by atoms with E-state index in [0.29, 0.717) is 19.0 Å². The SMILES string of the molecule is CC1CCN(S(=O)(=O)NCc2nnc3n2CCCC3)C1. The molecule has 112 valence electrons. The monoisotopic (exact) mass is 299 g/mol. The van der Waals surface area contributed by atoms with Gasteiger partial charge in [0.05, 0.1) is 6.54 Å². The van der Waals surface area contributed by atoms with Gasteiger partial charge in [-0.1, -0.05) is 6.92 Å². The van der Waals surface area contributed by atoms with Crippen molar-refractivity contribution in [3.8, 4) is 0 Å². The fourth-order valence-corrected chi connectivity index (χ4v) is 4.15. The number of nitrogens with one attached hydrogen (secondary N) is 1. The first-order valence-electron chi connectivity index (χ1n) is 7.22. The van der Waals surface area contributed by atoms with Crippen LogP contribution in [0.5, 0.6) is 0 Å². The van der Waals surface area contributed by atoms with Crippen LogP contribution in [0, 0.1) is 5.92 Å². The first kappa shape index (κ1) is 14.0. The molecule has 1 atom stereocenters. The highest BCUT2D eigenvalue weighted by Gasteiger charge is 2.29. The molecule has 0 amide bonds. The van der Waals surface area contributed by atoms with Crippen LogP contribution in [0.2, 0.25) is 0 Å². The summed E-state index contributed by atoms with van der Waals surface area (Å²) in [6, 6.07) is 0. The lowest BCUT2D eigenvalue weighted by Gasteiger charge is -2.18. The summed E-state index contributed by atoms with van der Waals surface area (Å²) in [5, 5.41) is 8.24. The van der Waals surface area contributed by atoms with E-state index in [4.69, 9.17) is 0 Å². The predicted octanol–water partition coefficient (Wildman–Crippen LogP) is 0.291. The highest BCUT2D eigenvalue weighted by atomic mass is 32.2. The Kier molecular flexibility index (Phi) is 3.78. The zero-order valence-electron chi connectivity index (χ0n) is 11.7. The third-order valence-electron chi connectivity index (χ3n) is 4.08. The molecule has 0 aromatic carbocycles. The molecular formula is C12H21N5O2S. The van der Waals surface area contributed by atoms with Gasteiger partial charge in [0, 0.05) is 26.1 Å². The second-order valence-electron chi connectivity index (χ2n) is 5.72. The molecule has 0 radical (unpaired) electrons. The second-order valence-corrected chi connectivity index (χ2v) is 7.47. The van der Waals surface area contributed by atoms with E-state index in [1.807, 2.05) is 4.57 Å². The van der Waals surface area contributed by atoms with E-state index in [0.717, 1.165) is 43.9 Å². The summed E-state index contributed by atoms with van der Waals surface area (Å²) in [4.78, 5) is 0. The second kappa shape index (κ2) is 5.42. The molecule has 1 fully saturated rings. The molecule has 1 aromatic heterocycles. The van der Waals surface area contributed by atoms with Crippen LogP contribution in [0.25, 0.3) is 0 Å². The van der Waals surface area contributed by atoms with E-state index in [9.17, 15) is 8.42 Å². The molecule has 2 aliphatic rings. The molecular weight excluding hydrogens is 278 g/mol. The summed E-state index contributed by atoms with van der Waals surface area (Å²) < 4.78 is 30.6. The minimum atomic E-state index is -3.39. The highest BCUT2D eigenvalue weighted by molar-refractivity contribution is 7.87. The van der Waals surface area contributed by atoms with Crippen LogP contribution in [-0.4, -0.2) is 40.6 Å². The van der Waals surface area contributed by atoms with Crippen LogP contribution in [0.3, 0.4) is 0 Å². The smallest absolute Gasteiger partial charge is 0.279 e. The van der Waals surface area contributed by atoms with E-state index >= 15 is 0 Å². The number of nitrogens with zero attached hydrogens (tertiary/aromatic N) is 4. The van der Waals surface area contributed by atoms with Crippen molar-refractivity contribution in [2.24, 2.45) is 5.92 Å². The van der Waals surface area contributed by atoms with Crippen molar-refractivity contribution >= 4 is 10.2 Å². The van der Waals surface area contributed by atoms with Crippen molar-refractivity contribution < 1.29 is 8.42 Å². The topological polar surface area (TPSA) is 80.1 Å². The largest absolute Gasteiger partial charge is 0.314 e. The Morgan fingerprint density at radius 3 is 2.90 bits per heavy atom. The molecule has 20 heavy (non-hydrogen) atoms. The molecule has 0 spiro atoms. The molecule has 1 N–H and O–H groups in total. The summed E-state index contributed by atoms with van der Waals surface area (Å²) in [7, 11) is -3.39. The Balaban J connectivity index is 1.66. The van der Waals surface area contributed by atoms with Crippen molar-refractivity contribution in [1.82, 2.24) is 23.8 Å². The van der Waals surface area contributed by atoms with Gasteiger partial charge in [0.15, 0.2) is 0 Å². The quantitative estimate of drug-likeness (QED) is 0.866. The van der Waals surface area contributed by atoms with Gasteiger partial charge in [-0.15, -0.1) is 10.2 Å². The van der Waals surface area contributed by atoms with Crippen LogP contribution in [0.4, 0.5) is 0 Å². The summed E-state index contributed by atoms with van der Waals surface area (Å²) in [5.74, 6) is 2.13. The van der Waals surface area contributed by atoms with Gasteiger partial charge in [0.25, 0.3) is 10.2 Å². The standard InChI is InChI=1S/C12H21N5O2S/c1-10-5-7-16(9-10)20(18,19)13-8-12-15-14-11-4-2-3-6-17(11)12/h10,13H,2-9H2,1H3. The van der Waals surface area contributed by atoms with Crippen molar-refractivity contribution in [3.05, 3.63) is 11.6 Å². The molecule has 3 heterocycles. The Morgan fingerprint density at radius 1 is 1.30 bits per heavy atom. The molecule has 2 aliphatic heterocycles. The molecule has 1 unspecified atom stereocenters. The zero-order chi connectivity index (χ0) is 14.2. The Morgan fingerprint density at radius 2 is 2.15 bits per heavy atom. The van der Waals surface area contributed by atoms with Crippen LogP contribution >= 0.6 is 0 Å². The Labute approximate surface area is 119 Å². The fourth-order valence-electron chi connectivity index (χ4n) is 2.86. The van der Waals surface area contributed by atoms with E-state index in [1.54, 1.807) is 0 Å². The Hall–Kier alpha value is -0.990. The summed E-state index contributed by atoms with van der Waals surface area (Å²) in [6.07, 6.45) is 4.11.